The van der Waals surface area contributed by atoms with Crippen LogP contribution >= 0.6 is 0 Å². The maximum atomic E-state index is 13.2. The van der Waals surface area contributed by atoms with Crippen molar-refractivity contribution in [1.82, 2.24) is 0 Å². The largest absolute Gasteiger partial charge is 0.282 e. The van der Waals surface area contributed by atoms with Crippen LogP contribution in [0.1, 0.15) is 20.7 Å². The first-order chi connectivity index (χ1) is 16.6. The average molecular weight is 448 g/mol. The van der Waals surface area contributed by atoms with E-state index in [0.717, 1.165) is 10.8 Å². The Labute approximate surface area is 195 Å². The molecule has 0 aliphatic carbocycles. The number of fused-ring (bicyclic) bond motifs is 2. The zero-order valence-corrected chi connectivity index (χ0v) is 18.0. The van der Waals surface area contributed by atoms with E-state index in [1.54, 1.807) is 48.5 Å². The summed E-state index contributed by atoms with van der Waals surface area (Å²) in [7, 11) is 0. The fourth-order valence-corrected chi connectivity index (χ4v) is 4.09. The van der Waals surface area contributed by atoms with Crippen LogP contribution in [0.15, 0.2) is 109 Å². The number of carbonyl (C=O) groups excluding carboxylic acids is 2. The molecule has 2 amide bonds. The molecule has 0 aliphatic rings. The Hall–Kier alpha value is -4.52. The lowest BCUT2D eigenvalue weighted by atomic mass is 10.0. The molecule has 34 heavy (non-hydrogen) atoms. The Morgan fingerprint density at radius 1 is 0.471 bits per heavy atom. The van der Waals surface area contributed by atoms with Gasteiger partial charge in [0, 0.05) is 11.1 Å². The van der Waals surface area contributed by atoms with Gasteiger partial charge in [-0.05, 0) is 45.8 Å². The van der Waals surface area contributed by atoms with Crippen LogP contribution in [-0.2, 0) is 0 Å². The van der Waals surface area contributed by atoms with Crippen molar-refractivity contribution >= 4 is 44.7 Å². The number of carbonyl (C=O) groups is 2. The molecule has 0 heterocycles. The van der Waals surface area contributed by atoms with Crippen molar-refractivity contribution in [2.24, 2.45) is 0 Å². The number of hydrogen-bond acceptors (Lipinski definition) is 4. The number of amides is 2. The fourth-order valence-electron chi connectivity index (χ4n) is 4.09. The summed E-state index contributed by atoms with van der Waals surface area (Å²) < 4.78 is 0. The van der Waals surface area contributed by atoms with Gasteiger partial charge >= 0.3 is 0 Å². The minimum absolute atomic E-state index is 0.0310. The van der Waals surface area contributed by atoms with E-state index in [9.17, 15) is 20.0 Å². The molecule has 0 fully saturated rings. The van der Waals surface area contributed by atoms with Crippen LogP contribution in [0.4, 0.5) is 11.4 Å². The van der Waals surface area contributed by atoms with E-state index in [4.69, 9.17) is 0 Å². The molecule has 0 aliphatic heterocycles. The average Bonchev–Trinajstić information content (AvgIpc) is 2.90. The van der Waals surface area contributed by atoms with Gasteiger partial charge in [0.25, 0.3) is 11.8 Å². The molecular weight excluding hydrogens is 428 g/mol. The molecule has 0 unspecified atom stereocenters. The Balaban J connectivity index is 1.53. The number of para-hydroxylation sites is 2. The third kappa shape index (κ3) is 3.67. The highest BCUT2D eigenvalue weighted by Crippen LogP contribution is 2.31. The van der Waals surface area contributed by atoms with E-state index in [-0.39, 0.29) is 11.4 Å². The first kappa shape index (κ1) is 21.3. The molecule has 0 saturated carbocycles. The quantitative estimate of drug-likeness (QED) is 0.258. The Bertz CT molecular complexity index is 1420. The SMILES string of the molecule is O=C(c1cccc2ccccc12)N(O)c1ccccc1N(O)C(=O)c1cccc2ccccc12. The van der Waals surface area contributed by atoms with Crippen molar-refractivity contribution in [1.29, 1.82) is 0 Å². The summed E-state index contributed by atoms with van der Waals surface area (Å²) in [4.78, 5) is 26.5. The molecule has 0 bridgehead atoms. The second-order valence-electron chi connectivity index (χ2n) is 7.78. The minimum atomic E-state index is -0.685. The molecule has 0 spiro atoms. The Morgan fingerprint density at radius 3 is 1.26 bits per heavy atom. The van der Waals surface area contributed by atoms with Crippen LogP contribution in [0, 0.1) is 0 Å². The van der Waals surface area contributed by atoms with Gasteiger partial charge in [0.15, 0.2) is 0 Å². The van der Waals surface area contributed by atoms with Crippen LogP contribution in [0.3, 0.4) is 0 Å². The molecule has 2 N–H and O–H groups in total. The third-order valence-electron chi connectivity index (χ3n) is 5.76. The second kappa shape index (κ2) is 8.78. The van der Waals surface area contributed by atoms with Crippen molar-refractivity contribution in [3.63, 3.8) is 0 Å². The molecule has 5 aromatic carbocycles. The van der Waals surface area contributed by atoms with Gasteiger partial charge in [-0.3, -0.25) is 20.0 Å². The van der Waals surface area contributed by atoms with Gasteiger partial charge in [0.1, 0.15) is 0 Å². The highest BCUT2D eigenvalue weighted by molar-refractivity contribution is 6.17. The lowest BCUT2D eigenvalue weighted by Gasteiger charge is -2.23. The first-order valence-corrected chi connectivity index (χ1v) is 10.7. The maximum absolute atomic E-state index is 13.2. The number of hydrogen-bond donors (Lipinski definition) is 2. The van der Waals surface area contributed by atoms with Crippen molar-refractivity contribution < 1.29 is 20.0 Å². The van der Waals surface area contributed by atoms with Gasteiger partial charge in [-0.15, -0.1) is 0 Å². The van der Waals surface area contributed by atoms with E-state index in [1.807, 2.05) is 48.5 Å². The predicted octanol–water partition coefficient (Wildman–Crippen LogP) is 6.07. The highest BCUT2D eigenvalue weighted by Gasteiger charge is 2.26. The Kier molecular flexibility index (Phi) is 5.51. The number of anilines is 2. The first-order valence-electron chi connectivity index (χ1n) is 10.7. The number of rotatable bonds is 4. The third-order valence-corrected chi connectivity index (χ3v) is 5.76. The molecule has 6 heteroatoms. The molecule has 0 radical (unpaired) electrons. The summed E-state index contributed by atoms with van der Waals surface area (Å²) in [6, 6.07) is 31.3. The van der Waals surface area contributed by atoms with Crippen molar-refractivity contribution in [3.05, 3.63) is 120 Å². The van der Waals surface area contributed by atoms with E-state index in [2.05, 4.69) is 0 Å². The molecule has 0 aromatic heterocycles. The summed E-state index contributed by atoms with van der Waals surface area (Å²) >= 11 is 0. The summed E-state index contributed by atoms with van der Waals surface area (Å²) in [5, 5.41) is 25.8. The van der Waals surface area contributed by atoms with Crippen molar-refractivity contribution in [2.75, 3.05) is 10.1 Å². The summed E-state index contributed by atoms with van der Waals surface area (Å²) in [5.41, 5.74) is 0.522. The number of nitrogens with zero attached hydrogens (tertiary/aromatic N) is 2. The summed E-state index contributed by atoms with van der Waals surface area (Å²) in [6.45, 7) is 0. The summed E-state index contributed by atoms with van der Waals surface area (Å²) in [5.74, 6) is -1.37. The zero-order valence-electron chi connectivity index (χ0n) is 18.0. The van der Waals surface area contributed by atoms with Crippen LogP contribution in [0.25, 0.3) is 21.5 Å². The lowest BCUT2D eigenvalue weighted by Crippen LogP contribution is -2.32. The van der Waals surface area contributed by atoms with Gasteiger partial charge in [0.05, 0.1) is 11.4 Å². The van der Waals surface area contributed by atoms with E-state index in [0.29, 0.717) is 32.0 Å². The van der Waals surface area contributed by atoms with Gasteiger partial charge < -0.3 is 0 Å². The second-order valence-corrected chi connectivity index (χ2v) is 7.78. The summed E-state index contributed by atoms with van der Waals surface area (Å²) in [6.07, 6.45) is 0. The van der Waals surface area contributed by atoms with E-state index < -0.39 is 11.8 Å². The van der Waals surface area contributed by atoms with Crippen LogP contribution in [-0.4, -0.2) is 22.2 Å². The normalized spacial score (nSPS) is 10.9. The van der Waals surface area contributed by atoms with Gasteiger partial charge in [-0.2, -0.15) is 10.1 Å². The standard InChI is InChI=1S/C28H20N2O4/c31-27(23-15-7-11-19-9-1-3-13-21(19)23)29(33)25-17-5-6-18-26(25)30(34)28(32)24-16-8-12-20-10-2-4-14-22(20)24/h1-18,33-34H. The zero-order chi connectivity index (χ0) is 23.7. The van der Waals surface area contributed by atoms with Crippen LogP contribution in [0.5, 0.6) is 0 Å². The monoisotopic (exact) mass is 448 g/mol. The highest BCUT2D eigenvalue weighted by atomic mass is 16.5. The van der Waals surface area contributed by atoms with E-state index >= 15 is 0 Å². The molecule has 0 atom stereocenters. The van der Waals surface area contributed by atoms with Crippen molar-refractivity contribution in [2.45, 2.75) is 0 Å². The van der Waals surface area contributed by atoms with Gasteiger partial charge in [-0.1, -0.05) is 84.9 Å². The number of benzene rings is 5. The topological polar surface area (TPSA) is 81.1 Å². The fraction of sp³-hybridized carbons (Fsp3) is 0. The maximum Gasteiger partial charge on any atom is 0.282 e. The van der Waals surface area contributed by atoms with E-state index in [1.165, 1.54) is 12.1 Å². The lowest BCUT2D eigenvalue weighted by molar-refractivity contribution is 0.0835. The molecule has 6 nitrogen and oxygen atoms in total. The van der Waals surface area contributed by atoms with Crippen LogP contribution in [0.2, 0.25) is 0 Å². The molecular formula is C28H20N2O4. The minimum Gasteiger partial charge on any atom is -0.281 e. The number of hydroxylamine groups is 2. The van der Waals surface area contributed by atoms with Gasteiger partial charge in [0.2, 0.25) is 0 Å². The molecule has 5 rings (SSSR count). The van der Waals surface area contributed by atoms with Crippen LogP contribution < -0.4 is 10.1 Å². The Morgan fingerprint density at radius 2 is 0.824 bits per heavy atom. The molecule has 5 aromatic rings. The molecule has 0 saturated heterocycles. The molecule has 166 valence electrons. The van der Waals surface area contributed by atoms with Gasteiger partial charge in [-0.25, -0.2) is 0 Å². The smallest absolute Gasteiger partial charge is 0.281 e. The van der Waals surface area contributed by atoms with Crippen molar-refractivity contribution in [3.8, 4) is 0 Å². The predicted molar refractivity (Wildman–Crippen MR) is 132 cm³/mol.